The minimum atomic E-state index is 0.571. The van der Waals surface area contributed by atoms with Gasteiger partial charge in [0.25, 0.3) is 0 Å². The SMILES string of the molecule is CC[C@@H](Nc1cccc(SC)c1)C(C)C. The first kappa shape index (κ1) is 12.4. The molecule has 0 aromatic heterocycles. The van der Waals surface area contributed by atoms with Crippen molar-refractivity contribution in [3.05, 3.63) is 24.3 Å². The Morgan fingerprint density at radius 2 is 2.07 bits per heavy atom. The van der Waals surface area contributed by atoms with Crippen molar-refractivity contribution in [2.24, 2.45) is 5.92 Å². The van der Waals surface area contributed by atoms with Crippen molar-refractivity contribution < 1.29 is 0 Å². The van der Waals surface area contributed by atoms with Gasteiger partial charge in [-0.25, -0.2) is 0 Å². The topological polar surface area (TPSA) is 12.0 Å². The van der Waals surface area contributed by atoms with E-state index in [1.807, 2.05) is 0 Å². The molecule has 1 N–H and O–H groups in total. The summed E-state index contributed by atoms with van der Waals surface area (Å²) >= 11 is 1.79. The second-order valence-corrected chi connectivity index (χ2v) is 5.01. The second-order valence-electron chi connectivity index (χ2n) is 4.14. The number of anilines is 1. The van der Waals surface area contributed by atoms with Crippen LogP contribution in [0.25, 0.3) is 0 Å². The predicted octanol–water partition coefficient (Wildman–Crippen LogP) is 4.26. The maximum atomic E-state index is 3.59. The molecule has 0 amide bonds. The van der Waals surface area contributed by atoms with Crippen LogP contribution < -0.4 is 5.32 Å². The zero-order valence-electron chi connectivity index (χ0n) is 10.1. The molecule has 1 nitrogen and oxygen atoms in total. The van der Waals surface area contributed by atoms with Crippen molar-refractivity contribution >= 4 is 17.4 Å². The molecule has 1 aromatic carbocycles. The Kier molecular flexibility index (Phi) is 5.03. The highest BCUT2D eigenvalue weighted by Crippen LogP contribution is 2.21. The Morgan fingerprint density at radius 3 is 2.60 bits per heavy atom. The Morgan fingerprint density at radius 1 is 1.33 bits per heavy atom. The quantitative estimate of drug-likeness (QED) is 0.749. The second kappa shape index (κ2) is 6.06. The summed E-state index contributed by atoms with van der Waals surface area (Å²) in [6, 6.07) is 9.19. The van der Waals surface area contributed by atoms with E-state index in [4.69, 9.17) is 0 Å². The first-order valence-corrected chi connectivity index (χ1v) is 6.80. The standard InChI is InChI=1S/C13H21NS/c1-5-13(10(2)3)14-11-7-6-8-12(9-11)15-4/h6-10,13-14H,5H2,1-4H3/t13-/m1/s1. The van der Waals surface area contributed by atoms with E-state index in [1.165, 1.54) is 17.0 Å². The fraction of sp³-hybridized carbons (Fsp3) is 0.538. The van der Waals surface area contributed by atoms with Gasteiger partial charge in [-0.3, -0.25) is 0 Å². The van der Waals surface area contributed by atoms with Crippen LogP contribution >= 0.6 is 11.8 Å². The maximum absolute atomic E-state index is 3.59. The lowest BCUT2D eigenvalue weighted by Crippen LogP contribution is -2.24. The Bertz CT molecular complexity index is 296. The molecule has 0 saturated heterocycles. The van der Waals surface area contributed by atoms with E-state index in [9.17, 15) is 0 Å². The van der Waals surface area contributed by atoms with Crippen molar-refractivity contribution in [3.63, 3.8) is 0 Å². The molecule has 0 heterocycles. The highest BCUT2D eigenvalue weighted by atomic mass is 32.2. The summed E-state index contributed by atoms with van der Waals surface area (Å²) in [5.74, 6) is 0.674. The van der Waals surface area contributed by atoms with E-state index in [0.717, 1.165) is 0 Å². The van der Waals surface area contributed by atoms with E-state index in [0.29, 0.717) is 12.0 Å². The summed E-state index contributed by atoms with van der Waals surface area (Å²) in [4.78, 5) is 1.32. The van der Waals surface area contributed by atoms with Gasteiger partial charge in [0, 0.05) is 16.6 Å². The van der Waals surface area contributed by atoms with Gasteiger partial charge in [-0.2, -0.15) is 0 Å². The van der Waals surface area contributed by atoms with Crippen LogP contribution in [0.1, 0.15) is 27.2 Å². The number of nitrogens with one attached hydrogen (secondary N) is 1. The molecular weight excluding hydrogens is 202 g/mol. The van der Waals surface area contributed by atoms with Crippen LogP contribution in [0.4, 0.5) is 5.69 Å². The first-order valence-electron chi connectivity index (χ1n) is 5.58. The van der Waals surface area contributed by atoms with E-state index < -0.39 is 0 Å². The Labute approximate surface area is 97.7 Å². The molecule has 0 fully saturated rings. The number of rotatable bonds is 5. The Hall–Kier alpha value is -0.630. The van der Waals surface area contributed by atoms with Gasteiger partial charge in [0.2, 0.25) is 0 Å². The molecule has 15 heavy (non-hydrogen) atoms. The third kappa shape index (κ3) is 3.78. The third-order valence-corrected chi connectivity index (χ3v) is 3.39. The van der Waals surface area contributed by atoms with Crippen LogP contribution in [0.15, 0.2) is 29.2 Å². The summed E-state index contributed by atoms with van der Waals surface area (Å²) in [7, 11) is 0. The van der Waals surface area contributed by atoms with E-state index in [-0.39, 0.29) is 0 Å². The molecule has 0 spiro atoms. The summed E-state index contributed by atoms with van der Waals surface area (Å²) in [5, 5.41) is 3.59. The molecule has 0 radical (unpaired) electrons. The summed E-state index contributed by atoms with van der Waals surface area (Å²) in [6.45, 7) is 6.76. The Balaban J connectivity index is 2.70. The van der Waals surface area contributed by atoms with Gasteiger partial charge in [0.05, 0.1) is 0 Å². The van der Waals surface area contributed by atoms with E-state index in [1.54, 1.807) is 11.8 Å². The summed E-state index contributed by atoms with van der Waals surface area (Å²) in [5.41, 5.74) is 1.24. The van der Waals surface area contributed by atoms with Crippen LogP contribution in [0.5, 0.6) is 0 Å². The highest BCUT2D eigenvalue weighted by molar-refractivity contribution is 7.98. The van der Waals surface area contributed by atoms with Crippen molar-refractivity contribution in [2.75, 3.05) is 11.6 Å². The van der Waals surface area contributed by atoms with Gasteiger partial charge in [-0.1, -0.05) is 26.8 Å². The third-order valence-electron chi connectivity index (χ3n) is 2.67. The average molecular weight is 223 g/mol. The molecule has 1 rings (SSSR count). The minimum absolute atomic E-state index is 0.571. The van der Waals surface area contributed by atoms with Crippen LogP contribution in [-0.4, -0.2) is 12.3 Å². The van der Waals surface area contributed by atoms with Crippen LogP contribution in [-0.2, 0) is 0 Å². The highest BCUT2D eigenvalue weighted by Gasteiger charge is 2.10. The number of thioether (sulfide) groups is 1. The fourth-order valence-corrected chi connectivity index (χ4v) is 2.13. The van der Waals surface area contributed by atoms with Gasteiger partial charge < -0.3 is 5.32 Å². The van der Waals surface area contributed by atoms with Crippen molar-refractivity contribution in [1.29, 1.82) is 0 Å². The van der Waals surface area contributed by atoms with Gasteiger partial charge in [-0.15, -0.1) is 11.8 Å². The minimum Gasteiger partial charge on any atom is -0.382 e. The van der Waals surface area contributed by atoms with Gasteiger partial charge in [-0.05, 0) is 36.8 Å². The molecular formula is C13H21NS. The van der Waals surface area contributed by atoms with Gasteiger partial charge in [0.15, 0.2) is 0 Å². The first-order chi connectivity index (χ1) is 7.17. The predicted molar refractivity (Wildman–Crippen MR) is 70.8 cm³/mol. The summed E-state index contributed by atoms with van der Waals surface area (Å²) in [6.07, 6.45) is 3.28. The molecule has 1 aromatic rings. The van der Waals surface area contributed by atoms with Crippen LogP contribution in [0.2, 0.25) is 0 Å². The molecule has 0 bridgehead atoms. The lowest BCUT2D eigenvalue weighted by molar-refractivity contribution is 0.511. The van der Waals surface area contributed by atoms with E-state index in [2.05, 4.69) is 56.6 Å². The molecule has 84 valence electrons. The lowest BCUT2D eigenvalue weighted by atomic mass is 10.0. The fourth-order valence-electron chi connectivity index (χ4n) is 1.67. The smallest absolute Gasteiger partial charge is 0.0353 e. The molecule has 0 aliphatic heterocycles. The zero-order chi connectivity index (χ0) is 11.3. The van der Waals surface area contributed by atoms with Crippen molar-refractivity contribution in [1.82, 2.24) is 0 Å². The number of benzene rings is 1. The lowest BCUT2D eigenvalue weighted by Gasteiger charge is -2.22. The van der Waals surface area contributed by atoms with Crippen LogP contribution in [0.3, 0.4) is 0 Å². The molecule has 0 aliphatic carbocycles. The van der Waals surface area contributed by atoms with Crippen molar-refractivity contribution in [2.45, 2.75) is 38.1 Å². The number of hydrogen-bond donors (Lipinski definition) is 1. The molecule has 2 heteroatoms. The molecule has 0 aliphatic rings. The normalized spacial score (nSPS) is 12.9. The molecule has 1 atom stereocenters. The average Bonchev–Trinajstić information content (AvgIpc) is 2.25. The zero-order valence-corrected chi connectivity index (χ0v) is 10.9. The maximum Gasteiger partial charge on any atom is 0.0353 e. The van der Waals surface area contributed by atoms with Crippen LogP contribution in [0, 0.1) is 5.92 Å². The summed E-state index contributed by atoms with van der Waals surface area (Å²) < 4.78 is 0. The monoisotopic (exact) mass is 223 g/mol. The van der Waals surface area contributed by atoms with Crippen molar-refractivity contribution in [3.8, 4) is 0 Å². The van der Waals surface area contributed by atoms with Gasteiger partial charge >= 0.3 is 0 Å². The largest absolute Gasteiger partial charge is 0.382 e. The van der Waals surface area contributed by atoms with Gasteiger partial charge in [0.1, 0.15) is 0 Å². The number of hydrogen-bond acceptors (Lipinski definition) is 2. The molecule has 0 unspecified atom stereocenters. The molecule has 0 saturated carbocycles. The van der Waals surface area contributed by atoms with E-state index >= 15 is 0 Å².